The molecule has 2 rings (SSSR count). The van der Waals surface area contributed by atoms with Crippen molar-refractivity contribution in [3.05, 3.63) is 51.4 Å². The van der Waals surface area contributed by atoms with Gasteiger partial charge < -0.3 is 15.4 Å². The van der Waals surface area contributed by atoms with Crippen LogP contribution in [0.2, 0.25) is 5.28 Å². The summed E-state index contributed by atoms with van der Waals surface area (Å²) in [7, 11) is 0. The van der Waals surface area contributed by atoms with Gasteiger partial charge in [0.1, 0.15) is 12.8 Å². The maximum Gasteiger partial charge on any atom is 0.407 e. The lowest BCUT2D eigenvalue weighted by Crippen LogP contribution is -2.40. The average Bonchev–Trinajstić information content (AvgIpc) is 2.52. The number of carbonyl (C=O) groups is 1. The molecule has 0 aliphatic carbocycles. The molecule has 1 heterocycles. The van der Waals surface area contributed by atoms with Crippen molar-refractivity contribution in [3.8, 4) is 0 Å². The Kier molecular flexibility index (Phi) is 5.93. The minimum absolute atomic E-state index is 0.0106. The zero-order valence-electron chi connectivity index (χ0n) is 14.4. The van der Waals surface area contributed by atoms with Crippen molar-refractivity contribution < 1.29 is 14.5 Å². The van der Waals surface area contributed by atoms with Crippen LogP contribution in [0, 0.1) is 10.1 Å². The number of benzene rings is 1. The number of carbonyl (C=O) groups excluding carboxylic acids is 1. The first kappa shape index (κ1) is 19.4. The van der Waals surface area contributed by atoms with Gasteiger partial charge in [-0.25, -0.2) is 9.78 Å². The second-order valence-corrected chi connectivity index (χ2v) is 6.74. The highest BCUT2D eigenvalue weighted by Gasteiger charge is 2.17. The first-order valence-corrected chi connectivity index (χ1v) is 8.00. The summed E-state index contributed by atoms with van der Waals surface area (Å²) in [5.74, 6) is -0.0106. The van der Waals surface area contributed by atoms with Crippen LogP contribution in [0.3, 0.4) is 0 Å². The van der Waals surface area contributed by atoms with Crippen LogP contribution in [0.25, 0.3) is 0 Å². The van der Waals surface area contributed by atoms with Crippen molar-refractivity contribution in [3.63, 3.8) is 0 Å². The highest BCUT2D eigenvalue weighted by Crippen LogP contribution is 2.25. The van der Waals surface area contributed by atoms with E-state index in [0.29, 0.717) is 5.69 Å². The molecule has 0 unspecified atom stereocenters. The average molecular weight is 380 g/mol. The molecule has 2 N–H and O–H groups in total. The summed E-state index contributed by atoms with van der Waals surface area (Å²) < 4.78 is 5.13. The fourth-order valence-corrected chi connectivity index (χ4v) is 2.03. The normalized spacial score (nSPS) is 10.9. The van der Waals surface area contributed by atoms with Gasteiger partial charge in [0.05, 0.1) is 4.92 Å². The van der Waals surface area contributed by atoms with Crippen molar-refractivity contribution in [1.82, 2.24) is 15.3 Å². The molecule has 0 aliphatic heterocycles. The Balaban J connectivity index is 2.01. The Morgan fingerprint density at radius 3 is 2.54 bits per heavy atom. The summed E-state index contributed by atoms with van der Waals surface area (Å²) in [5.41, 5.74) is 0.652. The molecule has 0 spiro atoms. The smallest absolute Gasteiger partial charge is 0.407 e. The van der Waals surface area contributed by atoms with Crippen LogP contribution < -0.4 is 10.6 Å². The Morgan fingerprint density at radius 1 is 1.31 bits per heavy atom. The molecule has 1 amide bonds. The van der Waals surface area contributed by atoms with Crippen molar-refractivity contribution in [2.24, 2.45) is 0 Å². The lowest BCUT2D eigenvalue weighted by atomic mass is 10.1. The van der Waals surface area contributed by atoms with Gasteiger partial charge in [-0.2, -0.15) is 4.98 Å². The Labute approximate surface area is 154 Å². The number of anilines is 2. The third-order valence-electron chi connectivity index (χ3n) is 3.00. The molecular weight excluding hydrogens is 362 g/mol. The second kappa shape index (κ2) is 7.96. The van der Waals surface area contributed by atoms with Gasteiger partial charge in [-0.15, -0.1) is 0 Å². The van der Waals surface area contributed by atoms with E-state index < -0.39 is 11.0 Å². The zero-order chi connectivity index (χ0) is 19.3. The maximum absolute atomic E-state index is 11.6. The number of amides is 1. The Bertz CT molecular complexity index is 805. The molecule has 0 fully saturated rings. The molecule has 0 saturated carbocycles. The number of alkyl carbamates (subject to hydrolysis) is 1. The molecule has 26 heavy (non-hydrogen) atoms. The fraction of sp³-hybridized carbons (Fsp3) is 0.312. The number of nitrogens with one attached hydrogen (secondary N) is 2. The van der Waals surface area contributed by atoms with Crippen molar-refractivity contribution in [2.75, 3.05) is 5.32 Å². The quantitative estimate of drug-likeness (QED) is 0.460. The van der Waals surface area contributed by atoms with Gasteiger partial charge in [0.2, 0.25) is 11.1 Å². The first-order chi connectivity index (χ1) is 12.1. The van der Waals surface area contributed by atoms with E-state index in [-0.39, 0.29) is 28.9 Å². The van der Waals surface area contributed by atoms with Gasteiger partial charge in [-0.05, 0) is 50.1 Å². The molecule has 0 saturated heterocycles. The lowest BCUT2D eigenvalue weighted by Gasteiger charge is -2.19. The summed E-state index contributed by atoms with van der Waals surface area (Å²) in [4.78, 5) is 29.5. The van der Waals surface area contributed by atoms with Crippen molar-refractivity contribution in [1.29, 1.82) is 0 Å². The molecule has 1 aromatic heterocycles. The van der Waals surface area contributed by atoms with Crippen LogP contribution in [0.15, 0.2) is 30.5 Å². The number of halogens is 1. The van der Waals surface area contributed by atoms with Crippen molar-refractivity contribution in [2.45, 2.75) is 32.9 Å². The number of aromatic nitrogens is 2. The van der Waals surface area contributed by atoms with Crippen LogP contribution in [0.1, 0.15) is 26.3 Å². The molecular formula is C16H18ClN5O4. The van der Waals surface area contributed by atoms with E-state index in [2.05, 4.69) is 20.6 Å². The second-order valence-electron chi connectivity index (χ2n) is 6.40. The number of hydrogen-bond acceptors (Lipinski definition) is 7. The van der Waals surface area contributed by atoms with Crippen LogP contribution in [-0.4, -0.2) is 26.5 Å². The lowest BCUT2D eigenvalue weighted by molar-refractivity contribution is -0.384. The largest absolute Gasteiger partial charge is 0.445 e. The molecule has 0 atom stereocenters. The summed E-state index contributed by atoms with van der Waals surface area (Å²) in [5, 5.41) is 16.4. The van der Waals surface area contributed by atoms with E-state index in [0.717, 1.165) is 11.8 Å². The molecule has 10 heteroatoms. The zero-order valence-corrected chi connectivity index (χ0v) is 15.2. The molecule has 0 radical (unpaired) electrons. The van der Waals surface area contributed by atoms with Crippen LogP contribution >= 0.6 is 11.6 Å². The first-order valence-electron chi connectivity index (χ1n) is 7.62. The monoisotopic (exact) mass is 379 g/mol. The number of hydrogen-bond donors (Lipinski definition) is 2. The molecule has 0 aliphatic rings. The van der Waals surface area contributed by atoms with E-state index in [9.17, 15) is 14.9 Å². The minimum Gasteiger partial charge on any atom is -0.445 e. The van der Waals surface area contributed by atoms with Gasteiger partial charge in [0.15, 0.2) is 0 Å². The van der Waals surface area contributed by atoms with E-state index in [1.165, 1.54) is 0 Å². The fourth-order valence-electron chi connectivity index (χ4n) is 1.89. The predicted octanol–water partition coefficient (Wildman–Crippen LogP) is 3.81. The Morgan fingerprint density at radius 2 is 1.96 bits per heavy atom. The standard InChI is InChI=1S/C16H18ClN5O4/c1-16(2,3)21-15(23)26-9-10-4-6-11(7-5-10)19-13-12(22(24)25)8-18-14(17)20-13/h4-8H,9H2,1-3H3,(H,21,23)(H,18,19,20). The molecule has 2 aromatic rings. The summed E-state index contributed by atoms with van der Waals surface area (Å²) >= 11 is 5.69. The van der Waals surface area contributed by atoms with Crippen LogP contribution in [-0.2, 0) is 11.3 Å². The van der Waals surface area contributed by atoms with Crippen LogP contribution in [0.4, 0.5) is 22.0 Å². The van der Waals surface area contributed by atoms with E-state index >= 15 is 0 Å². The van der Waals surface area contributed by atoms with Gasteiger partial charge >= 0.3 is 11.8 Å². The summed E-state index contributed by atoms with van der Waals surface area (Å²) in [6, 6.07) is 6.81. The molecule has 138 valence electrons. The van der Waals surface area contributed by atoms with Crippen LogP contribution in [0.5, 0.6) is 0 Å². The van der Waals surface area contributed by atoms with E-state index in [4.69, 9.17) is 16.3 Å². The number of nitrogens with zero attached hydrogens (tertiary/aromatic N) is 3. The van der Waals surface area contributed by atoms with Gasteiger partial charge in [0.25, 0.3) is 0 Å². The minimum atomic E-state index is -0.602. The molecule has 9 nitrogen and oxygen atoms in total. The Hall–Kier alpha value is -2.94. The SMILES string of the molecule is CC(C)(C)NC(=O)OCc1ccc(Nc2nc(Cl)ncc2[N+](=O)[O-])cc1. The van der Waals surface area contributed by atoms with Gasteiger partial charge in [-0.3, -0.25) is 10.1 Å². The highest BCUT2D eigenvalue weighted by molar-refractivity contribution is 6.28. The number of ether oxygens (including phenoxy) is 1. The highest BCUT2D eigenvalue weighted by atomic mass is 35.5. The molecule has 0 bridgehead atoms. The number of rotatable bonds is 5. The maximum atomic E-state index is 11.6. The predicted molar refractivity (Wildman–Crippen MR) is 96.5 cm³/mol. The molecule has 1 aromatic carbocycles. The van der Waals surface area contributed by atoms with Gasteiger partial charge in [0, 0.05) is 11.2 Å². The van der Waals surface area contributed by atoms with E-state index in [1.54, 1.807) is 24.3 Å². The third kappa shape index (κ3) is 5.85. The topological polar surface area (TPSA) is 119 Å². The summed E-state index contributed by atoms with van der Waals surface area (Å²) in [6.07, 6.45) is 0.527. The van der Waals surface area contributed by atoms with Gasteiger partial charge in [-0.1, -0.05) is 12.1 Å². The summed E-state index contributed by atoms with van der Waals surface area (Å²) in [6.45, 7) is 5.66. The van der Waals surface area contributed by atoms with Crippen molar-refractivity contribution >= 4 is 34.9 Å². The third-order valence-corrected chi connectivity index (χ3v) is 3.18. The van der Waals surface area contributed by atoms with E-state index in [1.807, 2.05) is 20.8 Å². The number of nitro groups is 1.